The molecule has 2 aromatic rings. The number of amides is 1. The number of aromatic nitrogens is 2. The second-order valence-corrected chi connectivity index (χ2v) is 4.54. The first-order chi connectivity index (χ1) is 9.20. The van der Waals surface area contributed by atoms with E-state index in [2.05, 4.69) is 17.3 Å². The number of nitrogens with one attached hydrogen (secondary N) is 1. The zero-order valence-electron chi connectivity index (χ0n) is 11.4. The SMILES string of the molecule is CCCCn1nc(-c2ccccc2)cc1NC(C)=O. The zero-order valence-corrected chi connectivity index (χ0v) is 11.4. The molecule has 0 aliphatic rings. The molecule has 4 nitrogen and oxygen atoms in total. The summed E-state index contributed by atoms with van der Waals surface area (Å²) >= 11 is 0. The van der Waals surface area contributed by atoms with Crippen molar-refractivity contribution in [1.29, 1.82) is 0 Å². The molecule has 0 aliphatic heterocycles. The van der Waals surface area contributed by atoms with Gasteiger partial charge in [-0.25, -0.2) is 4.68 Å². The van der Waals surface area contributed by atoms with E-state index in [1.54, 1.807) is 0 Å². The molecule has 0 saturated carbocycles. The molecular weight excluding hydrogens is 238 g/mol. The first kappa shape index (κ1) is 13.3. The predicted octanol–water partition coefficient (Wildman–Crippen LogP) is 3.31. The number of rotatable bonds is 5. The van der Waals surface area contributed by atoms with Gasteiger partial charge in [-0.15, -0.1) is 0 Å². The highest BCUT2D eigenvalue weighted by Gasteiger charge is 2.10. The van der Waals surface area contributed by atoms with E-state index in [9.17, 15) is 4.79 Å². The van der Waals surface area contributed by atoms with Crippen LogP contribution in [0.4, 0.5) is 5.82 Å². The molecule has 0 aliphatic carbocycles. The first-order valence-electron chi connectivity index (χ1n) is 6.61. The maximum absolute atomic E-state index is 11.2. The van der Waals surface area contributed by atoms with Crippen LogP contribution >= 0.6 is 0 Å². The van der Waals surface area contributed by atoms with Crippen molar-refractivity contribution in [3.63, 3.8) is 0 Å². The van der Waals surface area contributed by atoms with Crippen LogP contribution in [0.5, 0.6) is 0 Å². The van der Waals surface area contributed by atoms with Gasteiger partial charge in [-0.1, -0.05) is 43.7 Å². The largest absolute Gasteiger partial charge is 0.311 e. The molecule has 0 saturated heterocycles. The van der Waals surface area contributed by atoms with E-state index in [-0.39, 0.29) is 5.91 Å². The molecule has 0 fully saturated rings. The van der Waals surface area contributed by atoms with E-state index in [1.807, 2.05) is 41.1 Å². The molecule has 1 heterocycles. The predicted molar refractivity (Wildman–Crippen MR) is 76.9 cm³/mol. The van der Waals surface area contributed by atoms with Crippen LogP contribution in [0.15, 0.2) is 36.4 Å². The van der Waals surface area contributed by atoms with Gasteiger partial charge in [0.15, 0.2) is 0 Å². The van der Waals surface area contributed by atoms with E-state index in [0.717, 1.165) is 36.5 Å². The molecule has 1 amide bonds. The van der Waals surface area contributed by atoms with Gasteiger partial charge in [-0.2, -0.15) is 5.10 Å². The summed E-state index contributed by atoms with van der Waals surface area (Å²) in [5.41, 5.74) is 1.95. The van der Waals surface area contributed by atoms with Crippen molar-refractivity contribution in [1.82, 2.24) is 9.78 Å². The van der Waals surface area contributed by atoms with E-state index < -0.39 is 0 Å². The van der Waals surface area contributed by atoms with Crippen molar-refractivity contribution in [2.75, 3.05) is 5.32 Å². The van der Waals surface area contributed by atoms with Crippen LogP contribution in [0.2, 0.25) is 0 Å². The number of benzene rings is 1. The summed E-state index contributed by atoms with van der Waals surface area (Å²) in [7, 11) is 0. The minimum atomic E-state index is -0.0720. The Morgan fingerprint density at radius 1 is 1.32 bits per heavy atom. The summed E-state index contributed by atoms with van der Waals surface area (Å²) in [4.78, 5) is 11.2. The van der Waals surface area contributed by atoms with Crippen molar-refractivity contribution >= 4 is 11.7 Å². The number of nitrogens with zero attached hydrogens (tertiary/aromatic N) is 2. The third-order valence-corrected chi connectivity index (χ3v) is 2.88. The second-order valence-electron chi connectivity index (χ2n) is 4.54. The van der Waals surface area contributed by atoms with Gasteiger partial charge in [-0.3, -0.25) is 4.79 Å². The van der Waals surface area contributed by atoms with Crippen molar-refractivity contribution < 1.29 is 4.79 Å². The minimum Gasteiger partial charge on any atom is -0.311 e. The van der Waals surface area contributed by atoms with Crippen molar-refractivity contribution in [3.8, 4) is 11.3 Å². The van der Waals surface area contributed by atoms with Crippen molar-refractivity contribution in [2.24, 2.45) is 0 Å². The fourth-order valence-corrected chi connectivity index (χ4v) is 1.93. The van der Waals surface area contributed by atoms with Gasteiger partial charge in [0.05, 0.1) is 5.69 Å². The molecule has 1 N–H and O–H groups in total. The van der Waals surface area contributed by atoms with Crippen LogP contribution in [0.1, 0.15) is 26.7 Å². The summed E-state index contributed by atoms with van der Waals surface area (Å²) in [5.74, 6) is 0.692. The maximum atomic E-state index is 11.2. The van der Waals surface area contributed by atoms with Gasteiger partial charge in [0, 0.05) is 25.1 Å². The Morgan fingerprint density at radius 3 is 2.68 bits per heavy atom. The Kier molecular flexibility index (Phi) is 4.34. The molecule has 0 spiro atoms. The molecular formula is C15H19N3O. The van der Waals surface area contributed by atoms with E-state index >= 15 is 0 Å². The number of anilines is 1. The monoisotopic (exact) mass is 257 g/mol. The maximum Gasteiger partial charge on any atom is 0.222 e. The number of aryl methyl sites for hydroxylation is 1. The van der Waals surface area contributed by atoms with Crippen LogP contribution in [-0.4, -0.2) is 15.7 Å². The average Bonchev–Trinajstić information content (AvgIpc) is 2.80. The van der Waals surface area contributed by atoms with Gasteiger partial charge in [-0.05, 0) is 6.42 Å². The molecule has 4 heteroatoms. The molecule has 0 atom stereocenters. The molecule has 0 bridgehead atoms. The molecule has 0 radical (unpaired) electrons. The number of carbonyl (C=O) groups is 1. The highest BCUT2D eigenvalue weighted by atomic mass is 16.1. The average molecular weight is 257 g/mol. The van der Waals surface area contributed by atoms with Gasteiger partial charge in [0.2, 0.25) is 5.91 Å². The van der Waals surface area contributed by atoms with E-state index in [1.165, 1.54) is 6.92 Å². The minimum absolute atomic E-state index is 0.0720. The standard InChI is InChI=1S/C15H19N3O/c1-3-4-10-18-15(16-12(2)19)11-14(17-18)13-8-6-5-7-9-13/h5-9,11H,3-4,10H2,1-2H3,(H,16,19). The zero-order chi connectivity index (χ0) is 13.7. The number of unbranched alkanes of at least 4 members (excludes halogenated alkanes) is 1. The lowest BCUT2D eigenvalue weighted by atomic mass is 10.2. The third-order valence-electron chi connectivity index (χ3n) is 2.88. The Hall–Kier alpha value is -2.10. The Morgan fingerprint density at radius 2 is 2.05 bits per heavy atom. The second kappa shape index (κ2) is 6.18. The van der Waals surface area contributed by atoms with Crippen LogP contribution in [0.25, 0.3) is 11.3 Å². The molecule has 1 aromatic carbocycles. The lowest BCUT2D eigenvalue weighted by Crippen LogP contribution is -2.12. The van der Waals surface area contributed by atoms with E-state index in [0.29, 0.717) is 0 Å². The topological polar surface area (TPSA) is 46.9 Å². The highest BCUT2D eigenvalue weighted by Crippen LogP contribution is 2.22. The molecule has 19 heavy (non-hydrogen) atoms. The Labute approximate surface area is 113 Å². The van der Waals surface area contributed by atoms with Gasteiger partial charge in [0.1, 0.15) is 5.82 Å². The fourth-order valence-electron chi connectivity index (χ4n) is 1.93. The van der Waals surface area contributed by atoms with Crippen molar-refractivity contribution in [3.05, 3.63) is 36.4 Å². The van der Waals surface area contributed by atoms with Crippen LogP contribution in [0.3, 0.4) is 0 Å². The molecule has 100 valence electrons. The smallest absolute Gasteiger partial charge is 0.222 e. The summed E-state index contributed by atoms with van der Waals surface area (Å²) in [6, 6.07) is 11.9. The summed E-state index contributed by atoms with van der Waals surface area (Å²) < 4.78 is 1.87. The van der Waals surface area contributed by atoms with Gasteiger partial charge in [0.25, 0.3) is 0 Å². The van der Waals surface area contributed by atoms with Crippen LogP contribution in [0, 0.1) is 0 Å². The fraction of sp³-hybridized carbons (Fsp3) is 0.333. The van der Waals surface area contributed by atoms with Crippen molar-refractivity contribution in [2.45, 2.75) is 33.2 Å². The quantitative estimate of drug-likeness (QED) is 0.893. The first-order valence-corrected chi connectivity index (χ1v) is 6.61. The molecule has 2 rings (SSSR count). The van der Waals surface area contributed by atoms with Crippen LogP contribution in [-0.2, 0) is 11.3 Å². The third kappa shape index (κ3) is 3.44. The molecule has 0 unspecified atom stereocenters. The lowest BCUT2D eigenvalue weighted by Gasteiger charge is -2.05. The van der Waals surface area contributed by atoms with E-state index in [4.69, 9.17) is 0 Å². The van der Waals surface area contributed by atoms with Gasteiger partial charge >= 0.3 is 0 Å². The number of hydrogen-bond acceptors (Lipinski definition) is 2. The van der Waals surface area contributed by atoms with Gasteiger partial charge < -0.3 is 5.32 Å². The van der Waals surface area contributed by atoms with Crippen LogP contribution < -0.4 is 5.32 Å². The summed E-state index contributed by atoms with van der Waals surface area (Å²) in [5, 5.41) is 7.41. The summed E-state index contributed by atoms with van der Waals surface area (Å²) in [6.45, 7) is 4.47. The summed E-state index contributed by atoms with van der Waals surface area (Å²) in [6.07, 6.45) is 2.14. The molecule has 1 aromatic heterocycles. The Bertz CT molecular complexity index is 546. The normalized spacial score (nSPS) is 10.4. The lowest BCUT2D eigenvalue weighted by molar-refractivity contribution is -0.114. The highest BCUT2D eigenvalue weighted by molar-refractivity contribution is 5.88. The Balaban J connectivity index is 2.31. The number of carbonyl (C=O) groups excluding carboxylic acids is 1. The number of hydrogen-bond donors (Lipinski definition) is 1.